The van der Waals surface area contributed by atoms with Crippen molar-refractivity contribution >= 4 is 27.5 Å². The highest BCUT2D eigenvalue weighted by atomic mass is 35.5. The lowest BCUT2D eigenvalue weighted by atomic mass is 9.64. The third kappa shape index (κ3) is 4.82. The number of rotatable bonds is 6. The van der Waals surface area contributed by atoms with Gasteiger partial charge in [0.15, 0.2) is 0 Å². The van der Waals surface area contributed by atoms with Gasteiger partial charge in [0.25, 0.3) is 0 Å². The Balaban J connectivity index is 1.80. The first-order chi connectivity index (χ1) is 13.5. The van der Waals surface area contributed by atoms with Crippen LogP contribution in [0.1, 0.15) is 51.2 Å². The van der Waals surface area contributed by atoms with Gasteiger partial charge >= 0.3 is 0 Å². The van der Waals surface area contributed by atoms with E-state index < -0.39 is 21.0 Å². The molecule has 2 N–H and O–H groups in total. The lowest BCUT2D eigenvalue weighted by Gasteiger charge is -2.40. The molecule has 2 aromatic rings. The molecule has 0 radical (unpaired) electrons. The number of halogens is 1. The summed E-state index contributed by atoms with van der Waals surface area (Å²) in [7, 11) is -3.70. The van der Waals surface area contributed by atoms with Crippen molar-refractivity contribution in [2.75, 3.05) is 0 Å². The fourth-order valence-electron chi connectivity index (χ4n) is 3.66. The highest BCUT2D eigenvalue weighted by molar-refractivity contribution is 7.89. The van der Waals surface area contributed by atoms with E-state index in [9.17, 15) is 13.2 Å². The molecule has 0 spiro atoms. The summed E-state index contributed by atoms with van der Waals surface area (Å²) in [6.07, 6.45) is 2.52. The Morgan fingerprint density at radius 3 is 2.24 bits per heavy atom. The molecule has 0 saturated heterocycles. The molecule has 3 rings (SSSR count). The first-order valence-corrected chi connectivity index (χ1v) is 11.6. The topological polar surface area (TPSA) is 75.3 Å². The van der Waals surface area contributed by atoms with E-state index in [1.54, 1.807) is 57.2 Å². The lowest BCUT2D eigenvalue weighted by molar-refractivity contribution is -0.130. The van der Waals surface area contributed by atoms with Crippen LogP contribution in [0.15, 0.2) is 53.4 Å². The number of carbonyl (C=O) groups is 1. The molecule has 2 aromatic carbocycles. The van der Waals surface area contributed by atoms with Crippen LogP contribution in [0.25, 0.3) is 0 Å². The molecule has 156 valence electrons. The molecule has 0 aliphatic heterocycles. The maximum Gasteiger partial charge on any atom is 0.241 e. The largest absolute Gasteiger partial charge is 0.351 e. The Hall–Kier alpha value is -1.89. The van der Waals surface area contributed by atoms with E-state index in [1.807, 2.05) is 12.1 Å². The molecule has 0 heterocycles. The number of hydrogen-bond donors (Lipinski definition) is 2. The third-order valence-electron chi connectivity index (χ3n) is 5.18. The van der Waals surface area contributed by atoms with Crippen molar-refractivity contribution in [2.45, 2.75) is 62.4 Å². The third-order valence-corrected chi connectivity index (χ3v) is 7.29. The van der Waals surface area contributed by atoms with E-state index in [0.717, 1.165) is 24.8 Å². The first-order valence-electron chi connectivity index (χ1n) is 9.70. The van der Waals surface area contributed by atoms with E-state index in [4.69, 9.17) is 11.6 Å². The zero-order valence-electron chi connectivity index (χ0n) is 17.0. The normalized spacial score (nSPS) is 16.1. The lowest BCUT2D eigenvalue weighted by Crippen LogP contribution is -2.49. The van der Waals surface area contributed by atoms with Crippen LogP contribution in [0, 0.1) is 0 Å². The van der Waals surface area contributed by atoms with Gasteiger partial charge in [0.2, 0.25) is 15.9 Å². The van der Waals surface area contributed by atoms with Gasteiger partial charge in [-0.2, -0.15) is 0 Å². The minimum absolute atomic E-state index is 0.0814. The number of benzene rings is 2. The zero-order chi connectivity index (χ0) is 21.3. The standard InChI is InChI=1S/C22H27ClN2O3S/c1-21(2,3)25-29(27,28)19-8-5-4-7-16(19)15-24-20(26)22(13-6-14-22)17-9-11-18(23)12-10-17/h4-5,7-12,25H,6,13-15H2,1-3H3,(H,24,26). The molecule has 7 heteroatoms. The van der Waals surface area contributed by atoms with Crippen LogP contribution in [-0.4, -0.2) is 19.9 Å². The van der Waals surface area contributed by atoms with Crippen molar-refractivity contribution in [3.05, 3.63) is 64.7 Å². The summed E-state index contributed by atoms with van der Waals surface area (Å²) in [6, 6.07) is 14.1. The van der Waals surface area contributed by atoms with Crippen LogP contribution >= 0.6 is 11.6 Å². The van der Waals surface area contributed by atoms with Crippen molar-refractivity contribution in [1.82, 2.24) is 10.0 Å². The second-order valence-corrected chi connectivity index (χ2v) is 10.7. The van der Waals surface area contributed by atoms with Gasteiger partial charge in [-0.15, -0.1) is 0 Å². The van der Waals surface area contributed by atoms with Gasteiger partial charge in [0, 0.05) is 17.1 Å². The van der Waals surface area contributed by atoms with E-state index in [1.165, 1.54) is 0 Å². The zero-order valence-corrected chi connectivity index (χ0v) is 18.5. The van der Waals surface area contributed by atoms with Crippen LogP contribution in [0.4, 0.5) is 0 Å². The number of carbonyl (C=O) groups excluding carboxylic acids is 1. The van der Waals surface area contributed by atoms with E-state index >= 15 is 0 Å². The van der Waals surface area contributed by atoms with Crippen molar-refractivity contribution in [3.8, 4) is 0 Å². The van der Waals surface area contributed by atoms with Crippen molar-refractivity contribution < 1.29 is 13.2 Å². The maximum absolute atomic E-state index is 13.1. The number of nitrogens with one attached hydrogen (secondary N) is 2. The second kappa shape index (κ2) is 8.09. The fraction of sp³-hybridized carbons (Fsp3) is 0.409. The average Bonchev–Trinajstić information content (AvgIpc) is 2.59. The van der Waals surface area contributed by atoms with E-state index in [-0.39, 0.29) is 17.3 Å². The SMILES string of the molecule is CC(C)(C)NS(=O)(=O)c1ccccc1CNC(=O)C1(c2ccc(Cl)cc2)CCC1. The summed E-state index contributed by atoms with van der Waals surface area (Å²) in [5, 5.41) is 3.60. The van der Waals surface area contributed by atoms with Gasteiger partial charge in [-0.1, -0.05) is 48.4 Å². The Morgan fingerprint density at radius 2 is 1.69 bits per heavy atom. The fourth-order valence-corrected chi connectivity index (χ4v) is 5.45. The Morgan fingerprint density at radius 1 is 1.07 bits per heavy atom. The van der Waals surface area contributed by atoms with Crippen LogP contribution in [0.5, 0.6) is 0 Å². The molecule has 0 atom stereocenters. The molecule has 1 saturated carbocycles. The molecular weight excluding hydrogens is 408 g/mol. The summed E-state index contributed by atoms with van der Waals surface area (Å²) >= 11 is 5.99. The molecule has 5 nitrogen and oxygen atoms in total. The van der Waals surface area contributed by atoms with Crippen molar-refractivity contribution in [1.29, 1.82) is 0 Å². The second-order valence-electron chi connectivity index (χ2n) is 8.59. The number of sulfonamides is 1. The van der Waals surface area contributed by atoms with Crippen LogP contribution < -0.4 is 10.0 Å². The summed E-state index contributed by atoms with van der Waals surface area (Å²) in [5.41, 5.74) is 0.339. The van der Waals surface area contributed by atoms with Crippen molar-refractivity contribution in [3.63, 3.8) is 0 Å². The van der Waals surface area contributed by atoms with Gasteiger partial charge in [-0.3, -0.25) is 4.79 Å². The monoisotopic (exact) mass is 434 g/mol. The summed E-state index contributed by atoms with van der Waals surface area (Å²) in [5.74, 6) is -0.0814. The molecule has 1 amide bonds. The predicted molar refractivity (Wildman–Crippen MR) is 115 cm³/mol. The quantitative estimate of drug-likeness (QED) is 0.716. The average molecular weight is 435 g/mol. The minimum atomic E-state index is -3.70. The number of hydrogen-bond acceptors (Lipinski definition) is 3. The molecule has 0 aromatic heterocycles. The maximum atomic E-state index is 13.1. The Bertz CT molecular complexity index is 991. The van der Waals surface area contributed by atoms with E-state index in [0.29, 0.717) is 10.6 Å². The predicted octanol–water partition coefficient (Wildman–Crippen LogP) is 4.15. The van der Waals surface area contributed by atoms with Crippen molar-refractivity contribution in [2.24, 2.45) is 0 Å². The molecule has 1 aliphatic rings. The molecule has 1 fully saturated rings. The molecule has 29 heavy (non-hydrogen) atoms. The minimum Gasteiger partial charge on any atom is -0.351 e. The number of amides is 1. The highest BCUT2D eigenvalue weighted by Crippen LogP contribution is 2.44. The molecule has 0 bridgehead atoms. The van der Waals surface area contributed by atoms with Gasteiger partial charge in [-0.25, -0.2) is 13.1 Å². The van der Waals surface area contributed by atoms with Gasteiger partial charge in [-0.05, 0) is 62.9 Å². The van der Waals surface area contributed by atoms with Crippen LogP contribution in [-0.2, 0) is 26.8 Å². The Labute approximate surface area is 177 Å². The smallest absolute Gasteiger partial charge is 0.241 e. The summed E-state index contributed by atoms with van der Waals surface area (Å²) in [6.45, 7) is 5.53. The summed E-state index contributed by atoms with van der Waals surface area (Å²) < 4.78 is 28.3. The van der Waals surface area contributed by atoms with Crippen LogP contribution in [0.3, 0.4) is 0 Å². The molecule has 0 unspecified atom stereocenters. The molecule has 1 aliphatic carbocycles. The highest BCUT2D eigenvalue weighted by Gasteiger charge is 2.45. The summed E-state index contributed by atoms with van der Waals surface area (Å²) in [4.78, 5) is 13.3. The van der Waals surface area contributed by atoms with Gasteiger partial charge in [0.05, 0.1) is 10.3 Å². The first kappa shape index (κ1) is 21.8. The van der Waals surface area contributed by atoms with Gasteiger partial charge < -0.3 is 5.32 Å². The Kier molecular flexibility index (Phi) is 6.08. The van der Waals surface area contributed by atoms with E-state index in [2.05, 4.69) is 10.0 Å². The van der Waals surface area contributed by atoms with Crippen LogP contribution in [0.2, 0.25) is 5.02 Å². The van der Waals surface area contributed by atoms with Gasteiger partial charge in [0.1, 0.15) is 0 Å². The molecular formula is C22H27ClN2O3S.